The molecule has 1 aromatic rings. The monoisotopic (exact) mass is 284 g/mol. The summed E-state index contributed by atoms with van der Waals surface area (Å²) in [4.78, 5) is 11.8. The molecular formula is C15H22F2N2O. The van der Waals surface area contributed by atoms with E-state index in [0.29, 0.717) is 13.1 Å². The molecular weight excluding hydrogens is 262 g/mol. The Morgan fingerprint density at radius 3 is 2.20 bits per heavy atom. The molecule has 0 aromatic heterocycles. The van der Waals surface area contributed by atoms with E-state index in [1.165, 1.54) is 0 Å². The highest BCUT2D eigenvalue weighted by Crippen LogP contribution is 2.21. The van der Waals surface area contributed by atoms with Crippen molar-refractivity contribution in [2.75, 3.05) is 18.4 Å². The smallest absolute Gasteiger partial charge is 0.251 e. The van der Waals surface area contributed by atoms with Gasteiger partial charge in [-0.15, -0.1) is 0 Å². The standard InChI is InChI=1S/C15H22F2N2O/c1-5-18-13-11(16)8-10(9-12(13)17)14(20)19-7-6-15(2,3)4/h8-9,18H,5-7H2,1-4H3,(H,19,20). The van der Waals surface area contributed by atoms with Gasteiger partial charge in [-0.25, -0.2) is 8.78 Å². The molecule has 0 spiro atoms. The predicted octanol–water partition coefficient (Wildman–Crippen LogP) is 3.56. The lowest BCUT2D eigenvalue weighted by Crippen LogP contribution is -2.27. The van der Waals surface area contributed by atoms with E-state index in [4.69, 9.17) is 0 Å². The number of carbonyl (C=O) groups is 1. The molecule has 0 radical (unpaired) electrons. The van der Waals surface area contributed by atoms with Gasteiger partial charge in [0.1, 0.15) is 17.3 Å². The van der Waals surface area contributed by atoms with Crippen molar-refractivity contribution in [1.82, 2.24) is 5.32 Å². The van der Waals surface area contributed by atoms with E-state index in [9.17, 15) is 13.6 Å². The maximum atomic E-state index is 13.7. The number of carbonyl (C=O) groups excluding carboxylic acids is 1. The summed E-state index contributed by atoms with van der Waals surface area (Å²) in [5.41, 5.74) is -0.104. The van der Waals surface area contributed by atoms with Crippen molar-refractivity contribution < 1.29 is 13.6 Å². The summed E-state index contributed by atoms with van der Waals surface area (Å²) in [6.07, 6.45) is 0.791. The van der Waals surface area contributed by atoms with Gasteiger partial charge in [-0.3, -0.25) is 4.79 Å². The Bertz CT molecular complexity index is 458. The minimum Gasteiger partial charge on any atom is -0.381 e. The van der Waals surface area contributed by atoms with Gasteiger partial charge >= 0.3 is 0 Å². The molecule has 3 nitrogen and oxygen atoms in total. The number of anilines is 1. The maximum Gasteiger partial charge on any atom is 0.251 e. The number of hydrogen-bond donors (Lipinski definition) is 2. The summed E-state index contributed by atoms with van der Waals surface area (Å²) >= 11 is 0. The lowest BCUT2D eigenvalue weighted by molar-refractivity contribution is 0.0948. The van der Waals surface area contributed by atoms with Crippen LogP contribution in [0.1, 0.15) is 44.5 Å². The fourth-order valence-electron chi connectivity index (χ4n) is 1.70. The van der Waals surface area contributed by atoms with Crippen molar-refractivity contribution in [2.24, 2.45) is 5.41 Å². The zero-order valence-electron chi connectivity index (χ0n) is 12.4. The van der Waals surface area contributed by atoms with Crippen molar-refractivity contribution in [3.63, 3.8) is 0 Å². The zero-order valence-corrected chi connectivity index (χ0v) is 12.4. The van der Waals surface area contributed by atoms with Crippen LogP contribution in [0.2, 0.25) is 0 Å². The van der Waals surface area contributed by atoms with Crippen molar-refractivity contribution in [2.45, 2.75) is 34.1 Å². The number of hydrogen-bond acceptors (Lipinski definition) is 2. The Labute approximate surface area is 118 Å². The van der Waals surface area contributed by atoms with Crippen LogP contribution in [0.4, 0.5) is 14.5 Å². The zero-order chi connectivity index (χ0) is 15.3. The van der Waals surface area contributed by atoms with Gasteiger partial charge in [-0.05, 0) is 30.9 Å². The molecule has 1 amide bonds. The van der Waals surface area contributed by atoms with Crippen LogP contribution in [-0.4, -0.2) is 19.0 Å². The van der Waals surface area contributed by atoms with E-state index in [-0.39, 0.29) is 16.7 Å². The minimum absolute atomic E-state index is 0.00411. The van der Waals surface area contributed by atoms with Crippen molar-refractivity contribution in [3.05, 3.63) is 29.3 Å². The molecule has 2 N–H and O–H groups in total. The van der Waals surface area contributed by atoms with Crippen molar-refractivity contribution in [3.8, 4) is 0 Å². The molecule has 0 aliphatic heterocycles. The molecule has 0 saturated heterocycles. The van der Waals surface area contributed by atoms with Crippen LogP contribution in [0.3, 0.4) is 0 Å². The summed E-state index contributed by atoms with van der Waals surface area (Å²) in [5.74, 6) is -1.98. The van der Waals surface area contributed by atoms with Gasteiger partial charge < -0.3 is 10.6 Å². The Morgan fingerprint density at radius 2 is 1.75 bits per heavy atom. The van der Waals surface area contributed by atoms with Gasteiger partial charge in [0.05, 0.1) is 0 Å². The average molecular weight is 284 g/mol. The lowest BCUT2D eigenvalue weighted by atomic mass is 9.92. The molecule has 0 fully saturated rings. The highest BCUT2D eigenvalue weighted by Gasteiger charge is 2.15. The molecule has 112 valence electrons. The summed E-state index contributed by atoms with van der Waals surface area (Å²) in [6, 6.07) is 2.10. The van der Waals surface area contributed by atoms with Crippen LogP contribution in [0.5, 0.6) is 0 Å². The fraction of sp³-hybridized carbons (Fsp3) is 0.533. The molecule has 0 bridgehead atoms. The topological polar surface area (TPSA) is 41.1 Å². The third kappa shape index (κ3) is 4.79. The van der Waals surface area contributed by atoms with E-state index in [1.807, 2.05) is 0 Å². The SMILES string of the molecule is CCNc1c(F)cc(C(=O)NCCC(C)(C)C)cc1F. The molecule has 5 heteroatoms. The largest absolute Gasteiger partial charge is 0.381 e. The number of amides is 1. The molecule has 20 heavy (non-hydrogen) atoms. The molecule has 0 heterocycles. The lowest BCUT2D eigenvalue weighted by Gasteiger charge is -2.18. The molecule has 0 saturated carbocycles. The maximum absolute atomic E-state index is 13.7. The highest BCUT2D eigenvalue weighted by atomic mass is 19.1. The summed E-state index contributed by atoms with van der Waals surface area (Å²) < 4.78 is 27.4. The van der Waals surface area contributed by atoms with E-state index >= 15 is 0 Å². The van der Waals surface area contributed by atoms with Crippen LogP contribution in [0.25, 0.3) is 0 Å². The number of halogens is 2. The molecule has 0 atom stereocenters. The molecule has 1 aromatic carbocycles. The molecule has 1 rings (SSSR count). The normalized spacial score (nSPS) is 11.3. The summed E-state index contributed by atoms with van der Waals surface area (Å²) in [5, 5.41) is 5.26. The Kier molecular flexibility index (Phi) is 5.48. The van der Waals surface area contributed by atoms with Gasteiger partial charge in [0.15, 0.2) is 0 Å². The third-order valence-corrected chi connectivity index (χ3v) is 2.82. The second-order valence-corrected chi connectivity index (χ2v) is 5.91. The first-order valence-corrected chi connectivity index (χ1v) is 6.75. The van der Waals surface area contributed by atoms with Gasteiger partial charge in [0.2, 0.25) is 0 Å². The van der Waals surface area contributed by atoms with E-state index < -0.39 is 17.5 Å². The van der Waals surface area contributed by atoms with Crippen LogP contribution in [0.15, 0.2) is 12.1 Å². The van der Waals surface area contributed by atoms with Gasteiger partial charge in [0.25, 0.3) is 5.91 Å². The van der Waals surface area contributed by atoms with Crippen LogP contribution in [0, 0.1) is 17.0 Å². The number of nitrogens with one attached hydrogen (secondary N) is 2. The minimum atomic E-state index is -0.757. The predicted molar refractivity (Wildman–Crippen MR) is 76.9 cm³/mol. The van der Waals surface area contributed by atoms with Crippen LogP contribution in [-0.2, 0) is 0 Å². The molecule has 0 aliphatic rings. The molecule has 0 unspecified atom stereocenters. The summed E-state index contributed by atoms with van der Waals surface area (Å²) in [6.45, 7) is 8.80. The second kappa shape index (κ2) is 6.68. The highest BCUT2D eigenvalue weighted by molar-refractivity contribution is 5.94. The van der Waals surface area contributed by atoms with E-state index in [1.54, 1.807) is 6.92 Å². The number of benzene rings is 1. The summed E-state index contributed by atoms with van der Waals surface area (Å²) in [7, 11) is 0. The van der Waals surface area contributed by atoms with E-state index in [2.05, 4.69) is 31.4 Å². The van der Waals surface area contributed by atoms with Gasteiger partial charge in [0, 0.05) is 18.7 Å². The number of rotatable bonds is 5. The second-order valence-electron chi connectivity index (χ2n) is 5.91. The van der Waals surface area contributed by atoms with E-state index in [0.717, 1.165) is 18.6 Å². The Hall–Kier alpha value is -1.65. The van der Waals surface area contributed by atoms with Crippen molar-refractivity contribution in [1.29, 1.82) is 0 Å². The first-order chi connectivity index (χ1) is 9.24. The first-order valence-electron chi connectivity index (χ1n) is 6.75. The quantitative estimate of drug-likeness (QED) is 0.868. The van der Waals surface area contributed by atoms with Crippen molar-refractivity contribution >= 4 is 11.6 Å². The van der Waals surface area contributed by atoms with Crippen LogP contribution >= 0.6 is 0 Å². The van der Waals surface area contributed by atoms with Crippen LogP contribution < -0.4 is 10.6 Å². The Balaban J connectivity index is 2.74. The Morgan fingerprint density at radius 1 is 1.20 bits per heavy atom. The average Bonchev–Trinajstić information content (AvgIpc) is 2.31. The first kappa shape index (κ1) is 16.4. The van der Waals surface area contributed by atoms with Gasteiger partial charge in [-0.1, -0.05) is 20.8 Å². The molecule has 0 aliphatic carbocycles. The third-order valence-electron chi connectivity index (χ3n) is 2.82. The van der Waals surface area contributed by atoms with Gasteiger partial charge in [-0.2, -0.15) is 0 Å². The fourth-order valence-corrected chi connectivity index (χ4v) is 1.70.